The SMILES string of the molecule is NCc1cccc(CNC(N)=O)c1. The summed E-state index contributed by atoms with van der Waals surface area (Å²) in [6, 6.07) is 7.18. The van der Waals surface area contributed by atoms with Crippen LogP contribution in [-0.4, -0.2) is 6.03 Å². The minimum Gasteiger partial charge on any atom is -0.352 e. The highest BCUT2D eigenvalue weighted by Gasteiger charge is 1.95. The molecule has 0 saturated heterocycles. The van der Waals surface area contributed by atoms with Crippen LogP contribution in [0.2, 0.25) is 0 Å². The lowest BCUT2D eigenvalue weighted by Gasteiger charge is -2.03. The molecule has 0 radical (unpaired) electrons. The molecule has 4 nitrogen and oxygen atoms in total. The Kier molecular flexibility index (Phi) is 3.28. The van der Waals surface area contributed by atoms with Crippen molar-refractivity contribution >= 4 is 6.03 Å². The lowest BCUT2D eigenvalue weighted by Crippen LogP contribution is -2.28. The first kappa shape index (κ1) is 9.54. The zero-order chi connectivity index (χ0) is 9.68. The molecule has 0 fully saturated rings. The van der Waals surface area contributed by atoms with Crippen molar-refractivity contribution in [2.75, 3.05) is 0 Å². The highest BCUT2D eigenvalue weighted by molar-refractivity contribution is 5.71. The van der Waals surface area contributed by atoms with Gasteiger partial charge in [0.25, 0.3) is 0 Å². The third-order valence-electron chi connectivity index (χ3n) is 1.69. The number of benzene rings is 1. The normalized spacial score (nSPS) is 9.62. The molecule has 1 aromatic carbocycles. The molecule has 0 aliphatic carbocycles. The number of rotatable bonds is 3. The lowest BCUT2D eigenvalue weighted by atomic mass is 10.1. The second kappa shape index (κ2) is 4.47. The van der Waals surface area contributed by atoms with Gasteiger partial charge in [0, 0.05) is 13.1 Å². The van der Waals surface area contributed by atoms with Gasteiger partial charge in [0.1, 0.15) is 0 Å². The Balaban J connectivity index is 2.61. The van der Waals surface area contributed by atoms with Gasteiger partial charge in [0.05, 0.1) is 0 Å². The first-order valence-electron chi connectivity index (χ1n) is 4.03. The number of primary amides is 1. The van der Waals surface area contributed by atoms with E-state index in [1.54, 1.807) is 0 Å². The molecule has 0 aliphatic heterocycles. The number of hydrogen-bond donors (Lipinski definition) is 3. The van der Waals surface area contributed by atoms with Crippen molar-refractivity contribution in [1.82, 2.24) is 5.32 Å². The Morgan fingerprint density at radius 3 is 2.69 bits per heavy atom. The maximum absolute atomic E-state index is 10.4. The molecule has 0 saturated carbocycles. The van der Waals surface area contributed by atoms with Crippen molar-refractivity contribution in [3.8, 4) is 0 Å². The Bertz CT molecular complexity index is 299. The smallest absolute Gasteiger partial charge is 0.312 e. The summed E-state index contributed by atoms with van der Waals surface area (Å²) in [4.78, 5) is 10.4. The van der Waals surface area contributed by atoms with Gasteiger partial charge in [-0.3, -0.25) is 0 Å². The molecule has 0 unspecified atom stereocenters. The molecular weight excluding hydrogens is 166 g/mol. The Labute approximate surface area is 76.9 Å². The average Bonchev–Trinajstić information content (AvgIpc) is 2.15. The Hall–Kier alpha value is -1.55. The molecule has 0 bridgehead atoms. The monoisotopic (exact) mass is 179 g/mol. The third kappa shape index (κ3) is 3.13. The van der Waals surface area contributed by atoms with Gasteiger partial charge in [0.2, 0.25) is 0 Å². The number of nitrogens with two attached hydrogens (primary N) is 2. The molecule has 13 heavy (non-hydrogen) atoms. The van der Waals surface area contributed by atoms with E-state index in [0.717, 1.165) is 11.1 Å². The summed E-state index contributed by atoms with van der Waals surface area (Å²) in [5.74, 6) is 0. The van der Waals surface area contributed by atoms with Gasteiger partial charge in [-0.15, -0.1) is 0 Å². The maximum atomic E-state index is 10.4. The van der Waals surface area contributed by atoms with E-state index in [9.17, 15) is 4.79 Å². The number of amides is 2. The van der Waals surface area contributed by atoms with Gasteiger partial charge in [-0.05, 0) is 11.1 Å². The molecule has 4 heteroatoms. The minimum absolute atomic E-state index is 0.448. The summed E-state index contributed by atoms with van der Waals surface area (Å²) in [6.07, 6.45) is 0. The molecule has 0 heterocycles. The number of urea groups is 1. The third-order valence-corrected chi connectivity index (χ3v) is 1.69. The fourth-order valence-electron chi connectivity index (χ4n) is 1.06. The van der Waals surface area contributed by atoms with E-state index in [2.05, 4.69) is 5.32 Å². The van der Waals surface area contributed by atoms with E-state index in [-0.39, 0.29) is 0 Å². The zero-order valence-electron chi connectivity index (χ0n) is 7.29. The van der Waals surface area contributed by atoms with Crippen molar-refractivity contribution in [2.45, 2.75) is 13.1 Å². The van der Waals surface area contributed by atoms with Gasteiger partial charge in [-0.25, -0.2) is 4.79 Å². The van der Waals surface area contributed by atoms with Gasteiger partial charge in [-0.1, -0.05) is 24.3 Å². The van der Waals surface area contributed by atoms with Crippen LogP contribution in [0.1, 0.15) is 11.1 Å². The van der Waals surface area contributed by atoms with Gasteiger partial charge in [0.15, 0.2) is 0 Å². The zero-order valence-corrected chi connectivity index (χ0v) is 7.29. The highest BCUT2D eigenvalue weighted by Crippen LogP contribution is 2.03. The molecule has 2 amide bonds. The summed E-state index contributed by atoms with van der Waals surface area (Å²) in [7, 11) is 0. The topological polar surface area (TPSA) is 81.1 Å². The molecule has 0 atom stereocenters. The van der Waals surface area contributed by atoms with Crippen LogP contribution < -0.4 is 16.8 Å². The van der Waals surface area contributed by atoms with Crippen LogP contribution in [0.4, 0.5) is 4.79 Å². The van der Waals surface area contributed by atoms with Crippen molar-refractivity contribution in [1.29, 1.82) is 0 Å². The molecule has 1 rings (SSSR count). The van der Waals surface area contributed by atoms with Crippen LogP contribution in [0.15, 0.2) is 24.3 Å². The quantitative estimate of drug-likeness (QED) is 0.624. The van der Waals surface area contributed by atoms with E-state index in [1.165, 1.54) is 0 Å². The largest absolute Gasteiger partial charge is 0.352 e. The second-order valence-electron chi connectivity index (χ2n) is 2.74. The van der Waals surface area contributed by atoms with E-state index in [4.69, 9.17) is 11.5 Å². The number of nitrogens with one attached hydrogen (secondary N) is 1. The van der Waals surface area contributed by atoms with E-state index >= 15 is 0 Å². The van der Waals surface area contributed by atoms with Crippen LogP contribution in [0.3, 0.4) is 0 Å². The van der Waals surface area contributed by atoms with Crippen molar-refractivity contribution < 1.29 is 4.79 Å². The molecule has 1 aromatic rings. The molecule has 70 valence electrons. The standard InChI is InChI=1S/C9H13N3O/c10-5-7-2-1-3-8(4-7)6-12-9(11)13/h1-4H,5-6,10H2,(H3,11,12,13). The summed E-state index contributed by atoms with van der Waals surface area (Å²) in [6.45, 7) is 0.952. The summed E-state index contributed by atoms with van der Waals surface area (Å²) in [5, 5.41) is 2.51. The molecular formula is C9H13N3O. The minimum atomic E-state index is -0.516. The average molecular weight is 179 g/mol. The fraction of sp³-hybridized carbons (Fsp3) is 0.222. The van der Waals surface area contributed by atoms with Crippen molar-refractivity contribution in [2.24, 2.45) is 11.5 Å². The van der Waals surface area contributed by atoms with E-state index < -0.39 is 6.03 Å². The van der Waals surface area contributed by atoms with Crippen molar-refractivity contribution in [3.05, 3.63) is 35.4 Å². The molecule has 0 spiro atoms. The van der Waals surface area contributed by atoms with Gasteiger partial charge >= 0.3 is 6.03 Å². The second-order valence-corrected chi connectivity index (χ2v) is 2.74. The number of carbonyl (C=O) groups is 1. The van der Waals surface area contributed by atoms with Gasteiger partial charge in [-0.2, -0.15) is 0 Å². The predicted octanol–water partition coefficient (Wildman–Crippen LogP) is 0.314. The maximum Gasteiger partial charge on any atom is 0.312 e. The van der Waals surface area contributed by atoms with Crippen molar-refractivity contribution in [3.63, 3.8) is 0 Å². The van der Waals surface area contributed by atoms with E-state index in [0.29, 0.717) is 13.1 Å². The first-order valence-corrected chi connectivity index (χ1v) is 4.03. The Morgan fingerprint density at radius 2 is 2.08 bits per heavy atom. The molecule has 5 N–H and O–H groups in total. The van der Waals surface area contributed by atoms with Crippen LogP contribution in [0.5, 0.6) is 0 Å². The fourth-order valence-corrected chi connectivity index (χ4v) is 1.06. The predicted molar refractivity (Wildman–Crippen MR) is 50.8 cm³/mol. The van der Waals surface area contributed by atoms with Crippen LogP contribution >= 0.6 is 0 Å². The van der Waals surface area contributed by atoms with Crippen LogP contribution in [0.25, 0.3) is 0 Å². The van der Waals surface area contributed by atoms with E-state index in [1.807, 2.05) is 24.3 Å². The molecule has 0 aliphatic rings. The molecule has 0 aromatic heterocycles. The summed E-state index contributed by atoms with van der Waals surface area (Å²) < 4.78 is 0. The lowest BCUT2D eigenvalue weighted by molar-refractivity contribution is 0.248. The van der Waals surface area contributed by atoms with Crippen LogP contribution in [-0.2, 0) is 13.1 Å². The van der Waals surface area contributed by atoms with Crippen LogP contribution in [0, 0.1) is 0 Å². The Morgan fingerprint density at radius 1 is 1.38 bits per heavy atom. The first-order chi connectivity index (χ1) is 6.22. The number of hydrogen-bond acceptors (Lipinski definition) is 2. The summed E-state index contributed by atoms with van der Waals surface area (Å²) in [5.41, 5.74) is 12.4. The van der Waals surface area contributed by atoms with Gasteiger partial charge < -0.3 is 16.8 Å². The summed E-state index contributed by atoms with van der Waals surface area (Å²) >= 11 is 0. The highest BCUT2D eigenvalue weighted by atomic mass is 16.2. The number of carbonyl (C=O) groups excluding carboxylic acids is 1.